The molecule has 0 radical (unpaired) electrons. The smallest absolute Gasteiger partial charge is 0.0756 e. The van der Waals surface area contributed by atoms with Crippen LogP contribution in [0.3, 0.4) is 0 Å². The molecule has 1 fully saturated rings. The number of rotatable bonds is 3. The fraction of sp³-hybridized carbons (Fsp3) is 0.800. The van der Waals surface area contributed by atoms with Crippen molar-refractivity contribution in [1.82, 2.24) is 15.1 Å². The van der Waals surface area contributed by atoms with Crippen LogP contribution in [-0.2, 0) is 11.3 Å². The van der Waals surface area contributed by atoms with Gasteiger partial charge in [-0.05, 0) is 47.5 Å². The third-order valence-electron chi connectivity index (χ3n) is 3.75. The molecule has 1 unspecified atom stereocenters. The van der Waals surface area contributed by atoms with Crippen LogP contribution >= 0.6 is 0 Å². The highest BCUT2D eigenvalue weighted by molar-refractivity contribution is 5.25. The fourth-order valence-corrected chi connectivity index (χ4v) is 2.58. The lowest BCUT2D eigenvalue weighted by Gasteiger charge is -2.24. The van der Waals surface area contributed by atoms with Crippen LogP contribution in [0.25, 0.3) is 0 Å². The van der Waals surface area contributed by atoms with Crippen LogP contribution in [0.2, 0.25) is 0 Å². The van der Waals surface area contributed by atoms with Crippen molar-refractivity contribution in [2.45, 2.75) is 65.6 Å². The van der Waals surface area contributed by atoms with Crippen LogP contribution in [0, 0.1) is 13.8 Å². The van der Waals surface area contributed by atoms with E-state index >= 15 is 0 Å². The second-order valence-electron chi connectivity index (χ2n) is 6.57. The third-order valence-corrected chi connectivity index (χ3v) is 3.75. The molecule has 1 N–H and O–H groups in total. The number of ether oxygens (including phenoxy) is 1. The van der Waals surface area contributed by atoms with Crippen molar-refractivity contribution in [2.75, 3.05) is 13.2 Å². The van der Waals surface area contributed by atoms with Crippen LogP contribution in [-0.4, -0.2) is 28.5 Å². The monoisotopic (exact) mass is 265 g/mol. The van der Waals surface area contributed by atoms with Gasteiger partial charge in [0.2, 0.25) is 0 Å². The minimum absolute atomic E-state index is 0.134. The Bertz CT molecular complexity index is 425. The van der Waals surface area contributed by atoms with Crippen molar-refractivity contribution >= 4 is 0 Å². The standard InChI is InChI=1S/C15H27N3O/c1-11-14(9-16-15(3,4)5)12(2)18(17-11)13-7-6-8-19-10-13/h13,16H,6-10H2,1-5H3. The molecule has 1 aromatic rings. The molecule has 108 valence electrons. The Balaban J connectivity index is 2.14. The zero-order valence-corrected chi connectivity index (χ0v) is 12.9. The number of nitrogens with one attached hydrogen (secondary N) is 1. The van der Waals surface area contributed by atoms with Gasteiger partial charge in [0.1, 0.15) is 0 Å². The van der Waals surface area contributed by atoms with E-state index in [1.165, 1.54) is 17.7 Å². The summed E-state index contributed by atoms with van der Waals surface area (Å²) in [7, 11) is 0. The molecular weight excluding hydrogens is 238 g/mol. The first-order chi connectivity index (χ1) is 8.88. The van der Waals surface area contributed by atoms with Crippen molar-refractivity contribution < 1.29 is 4.74 Å². The molecule has 0 saturated carbocycles. The van der Waals surface area contributed by atoms with Gasteiger partial charge in [-0.15, -0.1) is 0 Å². The van der Waals surface area contributed by atoms with Crippen molar-refractivity contribution in [3.63, 3.8) is 0 Å². The first-order valence-electron chi connectivity index (χ1n) is 7.26. The van der Waals surface area contributed by atoms with Gasteiger partial charge in [0.05, 0.1) is 18.3 Å². The van der Waals surface area contributed by atoms with Gasteiger partial charge in [0.25, 0.3) is 0 Å². The number of aromatic nitrogens is 2. The van der Waals surface area contributed by atoms with E-state index in [1.807, 2.05) is 0 Å². The first kappa shape index (κ1) is 14.5. The maximum absolute atomic E-state index is 5.58. The van der Waals surface area contributed by atoms with Crippen LogP contribution in [0.15, 0.2) is 0 Å². The van der Waals surface area contributed by atoms with Gasteiger partial charge in [-0.2, -0.15) is 5.10 Å². The molecule has 4 nitrogen and oxygen atoms in total. The largest absolute Gasteiger partial charge is 0.379 e. The molecule has 1 atom stereocenters. The Hall–Kier alpha value is -0.870. The summed E-state index contributed by atoms with van der Waals surface area (Å²) >= 11 is 0. The van der Waals surface area contributed by atoms with E-state index in [4.69, 9.17) is 9.84 Å². The van der Waals surface area contributed by atoms with Gasteiger partial charge in [-0.1, -0.05) is 0 Å². The van der Waals surface area contributed by atoms with Gasteiger partial charge in [0.15, 0.2) is 0 Å². The fourth-order valence-electron chi connectivity index (χ4n) is 2.58. The lowest BCUT2D eigenvalue weighted by Crippen LogP contribution is -2.35. The predicted octanol–water partition coefficient (Wildman–Crippen LogP) is 2.74. The van der Waals surface area contributed by atoms with Crippen LogP contribution < -0.4 is 5.32 Å². The van der Waals surface area contributed by atoms with Gasteiger partial charge in [-0.25, -0.2) is 0 Å². The van der Waals surface area contributed by atoms with E-state index < -0.39 is 0 Å². The van der Waals surface area contributed by atoms with Crippen molar-refractivity contribution in [1.29, 1.82) is 0 Å². The van der Waals surface area contributed by atoms with Crippen LogP contribution in [0.1, 0.15) is 56.6 Å². The predicted molar refractivity (Wildman–Crippen MR) is 77.4 cm³/mol. The molecule has 1 aliphatic heterocycles. The Morgan fingerprint density at radius 2 is 2.11 bits per heavy atom. The molecule has 2 rings (SSSR count). The molecule has 1 saturated heterocycles. The molecule has 1 aliphatic rings. The molecule has 1 aromatic heterocycles. The molecular formula is C15H27N3O. The molecule has 4 heteroatoms. The number of hydrogen-bond donors (Lipinski definition) is 1. The van der Waals surface area contributed by atoms with Crippen LogP contribution in [0.4, 0.5) is 0 Å². The summed E-state index contributed by atoms with van der Waals surface area (Å²) in [6.45, 7) is 13.4. The highest BCUT2D eigenvalue weighted by Gasteiger charge is 2.22. The Morgan fingerprint density at radius 3 is 2.68 bits per heavy atom. The molecule has 0 amide bonds. The second-order valence-corrected chi connectivity index (χ2v) is 6.57. The normalized spacial score (nSPS) is 20.8. The zero-order chi connectivity index (χ0) is 14.0. The highest BCUT2D eigenvalue weighted by Crippen LogP contribution is 2.24. The van der Waals surface area contributed by atoms with Gasteiger partial charge in [0, 0.05) is 29.9 Å². The zero-order valence-electron chi connectivity index (χ0n) is 12.9. The molecule has 0 spiro atoms. The molecule has 0 aromatic carbocycles. The second kappa shape index (κ2) is 5.63. The molecule has 19 heavy (non-hydrogen) atoms. The summed E-state index contributed by atoms with van der Waals surface area (Å²) in [4.78, 5) is 0. The number of aryl methyl sites for hydroxylation is 1. The quantitative estimate of drug-likeness (QED) is 0.913. The summed E-state index contributed by atoms with van der Waals surface area (Å²) in [5.74, 6) is 0. The van der Waals surface area contributed by atoms with Crippen molar-refractivity contribution in [3.8, 4) is 0 Å². The van der Waals surface area contributed by atoms with E-state index in [0.717, 1.165) is 31.9 Å². The Labute approximate surface area is 116 Å². The lowest BCUT2D eigenvalue weighted by atomic mass is 10.1. The van der Waals surface area contributed by atoms with Gasteiger partial charge < -0.3 is 10.1 Å². The van der Waals surface area contributed by atoms with E-state index in [9.17, 15) is 0 Å². The average Bonchev–Trinajstić information content (AvgIpc) is 2.63. The third kappa shape index (κ3) is 3.57. The Morgan fingerprint density at radius 1 is 1.37 bits per heavy atom. The minimum Gasteiger partial charge on any atom is -0.379 e. The molecule has 0 bridgehead atoms. The average molecular weight is 265 g/mol. The lowest BCUT2D eigenvalue weighted by molar-refractivity contribution is 0.0541. The summed E-state index contributed by atoms with van der Waals surface area (Å²) in [5.41, 5.74) is 3.89. The topological polar surface area (TPSA) is 39.1 Å². The van der Waals surface area contributed by atoms with Crippen molar-refractivity contribution in [3.05, 3.63) is 17.0 Å². The molecule has 0 aliphatic carbocycles. The SMILES string of the molecule is Cc1nn(C2CCCOC2)c(C)c1CNC(C)(C)C. The van der Waals surface area contributed by atoms with E-state index in [1.54, 1.807) is 0 Å². The van der Waals surface area contributed by atoms with Gasteiger partial charge in [-0.3, -0.25) is 4.68 Å². The summed E-state index contributed by atoms with van der Waals surface area (Å²) in [6, 6.07) is 0.413. The van der Waals surface area contributed by atoms with E-state index in [0.29, 0.717) is 6.04 Å². The minimum atomic E-state index is 0.134. The van der Waals surface area contributed by atoms with Crippen molar-refractivity contribution in [2.24, 2.45) is 0 Å². The summed E-state index contributed by atoms with van der Waals surface area (Å²) in [6.07, 6.45) is 2.31. The molecule has 2 heterocycles. The van der Waals surface area contributed by atoms with E-state index in [2.05, 4.69) is 44.6 Å². The summed E-state index contributed by atoms with van der Waals surface area (Å²) in [5, 5.41) is 8.28. The first-order valence-corrected chi connectivity index (χ1v) is 7.26. The summed E-state index contributed by atoms with van der Waals surface area (Å²) < 4.78 is 7.75. The Kier molecular flexibility index (Phi) is 4.31. The van der Waals surface area contributed by atoms with Crippen LogP contribution in [0.5, 0.6) is 0 Å². The van der Waals surface area contributed by atoms with E-state index in [-0.39, 0.29) is 5.54 Å². The maximum Gasteiger partial charge on any atom is 0.0756 e. The maximum atomic E-state index is 5.58. The highest BCUT2D eigenvalue weighted by atomic mass is 16.5. The number of hydrogen-bond acceptors (Lipinski definition) is 3. The van der Waals surface area contributed by atoms with Gasteiger partial charge >= 0.3 is 0 Å². The number of nitrogens with zero attached hydrogens (tertiary/aromatic N) is 2.